The number of rotatable bonds is 6. The zero-order valence-electron chi connectivity index (χ0n) is 20.5. The van der Waals surface area contributed by atoms with Crippen molar-refractivity contribution in [1.29, 1.82) is 0 Å². The Balaban J connectivity index is 0.000000479. The van der Waals surface area contributed by atoms with Gasteiger partial charge in [0.2, 0.25) is 5.95 Å². The summed E-state index contributed by atoms with van der Waals surface area (Å²) in [5.41, 5.74) is 8.03. The van der Waals surface area contributed by atoms with Crippen LogP contribution >= 0.6 is 11.6 Å². The third kappa shape index (κ3) is 7.45. The Morgan fingerprint density at radius 2 is 1.73 bits per heavy atom. The molecule has 2 aromatic rings. The molecule has 4 N–H and O–H groups in total. The van der Waals surface area contributed by atoms with Crippen LogP contribution in [0.1, 0.15) is 19.5 Å². The second-order valence-electron chi connectivity index (χ2n) is 8.93. The molecule has 0 radical (unpaired) electrons. The molecule has 4 rings (SSSR count). The van der Waals surface area contributed by atoms with Crippen molar-refractivity contribution in [3.63, 3.8) is 0 Å². The molecule has 1 aromatic heterocycles. The molecule has 14 heteroatoms. The fraction of sp³-hybridized carbons (Fsp3) is 0.522. The van der Waals surface area contributed by atoms with Crippen molar-refractivity contribution in [3.05, 3.63) is 35.0 Å². The molecule has 2 aliphatic rings. The highest BCUT2D eigenvalue weighted by molar-refractivity contribution is 7.85. The monoisotopic (exact) mass is 562 g/mol. The number of anilines is 3. The lowest BCUT2D eigenvalue weighted by Gasteiger charge is -2.36. The molecule has 1 fully saturated rings. The van der Waals surface area contributed by atoms with Crippen LogP contribution in [-0.4, -0.2) is 75.9 Å². The van der Waals surface area contributed by atoms with Crippen LogP contribution in [0.4, 0.5) is 30.6 Å². The number of nitrogens with two attached hydrogens (primary N) is 1. The number of aromatic nitrogens is 2. The third-order valence-corrected chi connectivity index (χ3v) is 7.76. The Labute approximate surface area is 220 Å². The summed E-state index contributed by atoms with van der Waals surface area (Å²) in [5.74, 6) is -0.392. The molecule has 0 bridgehead atoms. The lowest BCUT2D eigenvalue weighted by Crippen LogP contribution is -2.47. The van der Waals surface area contributed by atoms with E-state index in [0.717, 1.165) is 48.2 Å². The molecular weight excluding hydrogens is 533 g/mol. The summed E-state index contributed by atoms with van der Waals surface area (Å²) in [6.07, 6.45) is -4.36. The van der Waals surface area contributed by atoms with E-state index in [0.29, 0.717) is 30.0 Å². The number of carbonyl (C=O) groups is 1. The molecule has 37 heavy (non-hydrogen) atoms. The van der Waals surface area contributed by atoms with E-state index >= 15 is 0 Å². The highest BCUT2D eigenvalue weighted by Gasteiger charge is 2.38. The van der Waals surface area contributed by atoms with Gasteiger partial charge in [-0.1, -0.05) is 25.4 Å². The molecule has 0 aliphatic carbocycles. The maximum Gasteiger partial charge on any atom is 0.490 e. The van der Waals surface area contributed by atoms with Gasteiger partial charge in [0.1, 0.15) is 10.7 Å². The number of aliphatic carboxylic acids is 1. The Morgan fingerprint density at radius 3 is 2.24 bits per heavy atom. The van der Waals surface area contributed by atoms with Crippen LogP contribution in [0.15, 0.2) is 29.2 Å². The number of carboxylic acids is 1. The molecule has 2 aliphatic heterocycles. The Morgan fingerprint density at radius 1 is 1.16 bits per heavy atom. The van der Waals surface area contributed by atoms with Crippen molar-refractivity contribution in [2.24, 2.45) is 11.7 Å². The Bertz CT molecular complexity index is 1110. The topological polar surface area (TPSA) is 125 Å². The molecule has 9 nitrogen and oxygen atoms in total. The molecule has 0 saturated carbocycles. The van der Waals surface area contributed by atoms with E-state index in [1.807, 2.05) is 12.1 Å². The van der Waals surface area contributed by atoms with Crippen molar-refractivity contribution in [2.75, 3.05) is 53.6 Å². The van der Waals surface area contributed by atoms with Gasteiger partial charge in [-0.2, -0.15) is 18.2 Å². The fourth-order valence-corrected chi connectivity index (χ4v) is 5.35. The van der Waals surface area contributed by atoms with Gasteiger partial charge in [0.15, 0.2) is 0 Å². The smallest absolute Gasteiger partial charge is 0.475 e. The highest BCUT2D eigenvalue weighted by atomic mass is 35.5. The first-order valence-corrected chi connectivity index (χ1v) is 13.4. The van der Waals surface area contributed by atoms with Crippen LogP contribution in [0, 0.1) is 5.92 Å². The second kappa shape index (κ2) is 12.3. The van der Waals surface area contributed by atoms with Gasteiger partial charge in [-0.05, 0) is 30.2 Å². The van der Waals surface area contributed by atoms with Gasteiger partial charge in [0.25, 0.3) is 0 Å². The predicted molar refractivity (Wildman–Crippen MR) is 138 cm³/mol. The summed E-state index contributed by atoms with van der Waals surface area (Å²) in [6, 6.07) is 8.04. The van der Waals surface area contributed by atoms with Crippen molar-refractivity contribution in [3.8, 4) is 0 Å². The van der Waals surface area contributed by atoms with Crippen LogP contribution in [0.25, 0.3) is 0 Å². The van der Waals surface area contributed by atoms with Gasteiger partial charge in [-0.25, -0.2) is 9.78 Å². The number of aryl methyl sites for hydroxylation is 1. The molecule has 3 heterocycles. The van der Waals surface area contributed by atoms with E-state index in [2.05, 4.69) is 41.1 Å². The summed E-state index contributed by atoms with van der Waals surface area (Å²) in [6.45, 7) is 8.17. The Kier molecular flexibility index (Phi) is 9.59. The molecule has 204 valence electrons. The van der Waals surface area contributed by atoms with Crippen LogP contribution in [-0.2, 0) is 22.0 Å². The minimum Gasteiger partial charge on any atom is -0.475 e. The van der Waals surface area contributed by atoms with E-state index in [-0.39, 0.29) is 6.04 Å². The normalized spacial score (nSPS) is 18.2. The van der Waals surface area contributed by atoms with Crippen molar-refractivity contribution < 1.29 is 27.3 Å². The molecule has 1 aromatic carbocycles. The number of hydrogen-bond donors (Lipinski definition) is 3. The molecule has 0 spiro atoms. The van der Waals surface area contributed by atoms with E-state index in [1.165, 1.54) is 5.69 Å². The number of carboxylic acid groups (broad SMARTS) is 1. The lowest BCUT2D eigenvalue weighted by molar-refractivity contribution is -0.192. The maximum atomic E-state index is 12.6. The van der Waals surface area contributed by atoms with E-state index in [1.54, 1.807) is 0 Å². The quantitative estimate of drug-likeness (QED) is 0.487. The number of halogens is 4. The van der Waals surface area contributed by atoms with Crippen molar-refractivity contribution >= 4 is 45.8 Å². The van der Waals surface area contributed by atoms with Gasteiger partial charge >= 0.3 is 12.1 Å². The first-order chi connectivity index (χ1) is 17.4. The largest absolute Gasteiger partial charge is 0.490 e. The van der Waals surface area contributed by atoms with Crippen LogP contribution in [0.3, 0.4) is 0 Å². The highest BCUT2D eigenvalue weighted by Crippen LogP contribution is 2.31. The zero-order chi connectivity index (χ0) is 27.3. The number of fused-ring (bicyclic) bond motifs is 1. The van der Waals surface area contributed by atoms with Gasteiger partial charge < -0.3 is 26.0 Å². The van der Waals surface area contributed by atoms with Gasteiger partial charge in [-0.15, -0.1) is 0 Å². The fourth-order valence-electron chi connectivity index (χ4n) is 3.91. The number of alkyl halides is 3. The van der Waals surface area contributed by atoms with Crippen LogP contribution < -0.4 is 20.9 Å². The minimum atomic E-state index is -5.08. The molecule has 1 saturated heterocycles. The van der Waals surface area contributed by atoms with Crippen LogP contribution in [0.2, 0.25) is 5.02 Å². The van der Waals surface area contributed by atoms with Gasteiger partial charge in [0, 0.05) is 61.6 Å². The predicted octanol–water partition coefficient (Wildman–Crippen LogP) is 3.15. The number of piperazine rings is 1. The zero-order valence-corrected chi connectivity index (χ0v) is 22.0. The first-order valence-electron chi connectivity index (χ1n) is 11.7. The summed E-state index contributed by atoms with van der Waals surface area (Å²) in [4.78, 5) is 23.8. The minimum absolute atomic E-state index is 0.0798. The SMILES string of the molecule is CC(C)[C@H](CN)Nc1nc(N2CCN(c3ccc(Cl)cc3)CC2)nc2c1S(=O)CC2.O=C(O)C(F)(F)F. The number of hydrogen-bond acceptors (Lipinski definition) is 8. The van der Waals surface area contributed by atoms with Crippen LogP contribution in [0.5, 0.6) is 0 Å². The van der Waals surface area contributed by atoms with Gasteiger partial charge in [0.05, 0.1) is 16.5 Å². The second-order valence-corrected chi connectivity index (χ2v) is 10.9. The first kappa shape index (κ1) is 28.9. The van der Waals surface area contributed by atoms with E-state index < -0.39 is 22.9 Å². The number of benzene rings is 1. The van der Waals surface area contributed by atoms with E-state index in [9.17, 15) is 17.4 Å². The molecule has 0 amide bonds. The standard InChI is InChI=1S/C21H29ClN6OS.C2HF3O2/c1-14(2)18(13-23)24-20-19-17(7-12-30(19)29)25-21(26-20)28-10-8-27(9-11-28)16-5-3-15(22)4-6-16;3-2(4,5)1(6)7/h3-6,14,18H,7-13,23H2,1-2H3,(H,24,25,26);(H,6,7)/t18-,30?;/m0./s1. The van der Waals surface area contributed by atoms with E-state index in [4.69, 9.17) is 37.2 Å². The van der Waals surface area contributed by atoms with Gasteiger partial charge in [-0.3, -0.25) is 4.21 Å². The summed E-state index contributed by atoms with van der Waals surface area (Å²) in [5, 5.41) is 11.3. The maximum absolute atomic E-state index is 12.6. The van der Waals surface area contributed by atoms with Crippen molar-refractivity contribution in [2.45, 2.75) is 37.4 Å². The average Bonchev–Trinajstić information content (AvgIpc) is 3.23. The average molecular weight is 563 g/mol. The molecule has 2 atom stereocenters. The molecular formula is C23H30ClF3N6O3S. The third-order valence-electron chi connectivity index (χ3n) is 6.05. The summed E-state index contributed by atoms with van der Waals surface area (Å²) >= 11 is 6.01. The van der Waals surface area contributed by atoms with Crippen molar-refractivity contribution in [1.82, 2.24) is 9.97 Å². The molecule has 1 unspecified atom stereocenters. The Hall–Kier alpha value is -2.64. The lowest BCUT2D eigenvalue weighted by atomic mass is 10.0. The summed E-state index contributed by atoms with van der Waals surface area (Å²) < 4.78 is 44.3. The number of nitrogens with zero attached hydrogens (tertiary/aromatic N) is 4. The number of nitrogens with one attached hydrogen (secondary N) is 1. The summed E-state index contributed by atoms with van der Waals surface area (Å²) in [7, 11) is -1.05.